The monoisotopic (exact) mass is 342 g/mol. The van der Waals surface area contributed by atoms with E-state index in [-0.39, 0.29) is 19.8 Å². The summed E-state index contributed by atoms with van der Waals surface area (Å²) in [4.78, 5) is 0. The van der Waals surface area contributed by atoms with Gasteiger partial charge in [-0.15, -0.1) is 0 Å². The van der Waals surface area contributed by atoms with E-state index in [1.54, 1.807) is 0 Å². The number of unbranched alkanes of at least 4 members (excludes halogenated alkanes) is 2. The molecule has 4 heteroatoms. The Kier molecular flexibility index (Phi) is 8.19. The molecule has 0 saturated heterocycles. The van der Waals surface area contributed by atoms with Gasteiger partial charge in [0, 0.05) is 6.61 Å². The third kappa shape index (κ3) is 6.35. The summed E-state index contributed by atoms with van der Waals surface area (Å²) in [6.45, 7) is 0.753. The molecule has 2 aromatic carbocycles. The molecule has 0 spiro atoms. The van der Waals surface area contributed by atoms with Gasteiger partial charge in [0.2, 0.25) is 0 Å². The normalized spacial score (nSPS) is 11.2. The fourth-order valence-electron chi connectivity index (χ4n) is 2.50. The second-order valence-electron chi connectivity index (χ2n) is 5.88. The van der Waals surface area contributed by atoms with E-state index >= 15 is 0 Å². The first-order valence-electron chi connectivity index (χ1n) is 8.62. The van der Waals surface area contributed by atoms with Crippen molar-refractivity contribution >= 4 is 12.2 Å². The molecule has 25 heavy (non-hydrogen) atoms. The van der Waals surface area contributed by atoms with Gasteiger partial charge >= 0.3 is 0 Å². The van der Waals surface area contributed by atoms with Crippen molar-refractivity contribution in [3.63, 3.8) is 0 Å². The van der Waals surface area contributed by atoms with Gasteiger partial charge in [-0.3, -0.25) is 0 Å². The maximum atomic E-state index is 9.35. The van der Waals surface area contributed by atoms with E-state index in [4.69, 9.17) is 9.84 Å². The number of rotatable bonds is 10. The Morgan fingerprint density at radius 3 is 2.08 bits per heavy atom. The van der Waals surface area contributed by atoms with Crippen LogP contribution in [-0.2, 0) is 13.2 Å². The molecule has 0 aliphatic carbocycles. The number of hydrogen-bond donors (Lipinski definition) is 3. The summed E-state index contributed by atoms with van der Waals surface area (Å²) in [5.74, 6) is 0.844. The average molecular weight is 342 g/mol. The fourth-order valence-corrected chi connectivity index (χ4v) is 2.50. The van der Waals surface area contributed by atoms with Crippen LogP contribution in [0.15, 0.2) is 42.5 Å². The van der Waals surface area contributed by atoms with Crippen LogP contribution in [0.3, 0.4) is 0 Å². The predicted octanol–water partition coefficient (Wildman–Crippen LogP) is 3.38. The Morgan fingerprint density at radius 2 is 1.40 bits per heavy atom. The second kappa shape index (κ2) is 10.7. The number of aliphatic hydroxyl groups excluding tert-OH is 3. The molecular weight excluding hydrogens is 316 g/mol. The van der Waals surface area contributed by atoms with Crippen LogP contribution in [0.4, 0.5) is 0 Å². The first-order chi connectivity index (χ1) is 12.3. The maximum absolute atomic E-state index is 9.35. The van der Waals surface area contributed by atoms with Crippen LogP contribution in [0.25, 0.3) is 12.2 Å². The topological polar surface area (TPSA) is 69.9 Å². The van der Waals surface area contributed by atoms with E-state index in [9.17, 15) is 10.2 Å². The average Bonchev–Trinajstić information content (AvgIpc) is 2.66. The Morgan fingerprint density at radius 1 is 0.720 bits per heavy atom. The van der Waals surface area contributed by atoms with Crippen LogP contribution in [-0.4, -0.2) is 28.5 Å². The Bertz CT molecular complexity index is 662. The summed E-state index contributed by atoms with van der Waals surface area (Å²) in [5, 5.41) is 27.3. The lowest BCUT2D eigenvalue weighted by Gasteiger charge is -2.06. The van der Waals surface area contributed by atoms with Gasteiger partial charge in [0.15, 0.2) is 0 Å². The van der Waals surface area contributed by atoms with E-state index in [0.717, 1.165) is 47.3 Å². The van der Waals surface area contributed by atoms with Crippen molar-refractivity contribution in [2.45, 2.75) is 32.5 Å². The molecule has 3 N–H and O–H groups in total. The van der Waals surface area contributed by atoms with Gasteiger partial charge in [0.25, 0.3) is 0 Å². The summed E-state index contributed by atoms with van der Waals surface area (Å²) < 4.78 is 5.67. The number of benzene rings is 2. The van der Waals surface area contributed by atoms with Gasteiger partial charge in [-0.2, -0.15) is 0 Å². The van der Waals surface area contributed by atoms with Crippen LogP contribution in [0.2, 0.25) is 0 Å². The van der Waals surface area contributed by atoms with Crippen LogP contribution in [0, 0.1) is 0 Å². The van der Waals surface area contributed by atoms with E-state index in [1.807, 2.05) is 54.6 Å². The summed E-state index contributed by atoms with van der Waals surface area (Å²) in [7, 11) is 0. The van der Waals surface area contributed by atoms with Gasteiger partial charge in [-0.25, -0.2) is 0 Å². The highest BCUT2D eigenvalue weighted by Crippen LogP contribution is 2.17. The minimum atomic E-state index is -0.0814. The molecule has 0 aliphatic rings. The lowest BCUT2D eigenvalue weighted by atomic mass is 10.0. The smallest absolute Gasteiger partial charge is 0.119 e. The van der Waals surface area contributed by atoms with Crippen molar-refractivity contribution < 1.29 is 20.1 Å². The first kappa shape index (κ1) is 19.2. The molecule has 0 heterocycles. The molecule has 2 aromatic rings. The van der Waals surface area contributed by atoms with E-state index in [1.165, 1.54) is 0 Å². The molecule has 0 bridgehead atoms. The largest absolute Gasteiger partial charge is 0.494 e. The minimum absolute atomic E-state index is 0.0681. The van der Waals surface area contributed by atoms with Crippen molar-refractivity contribution in [2.75, 3.05) is 13.2 Å². The highest BCUT2D eigenvalue weighted by molar-refractivity contribution is 5.70. The van der Waals surface area contributed by atoms with Crippen molar-refractivity contribution in [3.05, 3.63) is 64.7 Å². The molecule has 0 radical (unpaired) electrons. The standard InChI is InChI=1S/C21H26O4/c22-12-2-1-3-13-25-21-10-7-17(8-11-21)4-5-18-6-9-19(15-23)20(14-18)16-24/h4-11,14,22-24H,1-3,12-13,15-16H2/b5-4+. The molecular formula is C21H26O4. The van der Waals surface area contributed by atoms with Crippen LogP contribution < -0.4 is 4.74 Å². The number of hydrogen-bond acceptors (Lipinski definition) is 4. The summed E-state index contributed by atoms with van der Waals surface area (Å²) in [6, 6.07) is 13.5. The van der Waals surface area contributed by atoms with Gasteiger partial charge < -0.3 is 20.1 Å². The molecule has 2 rings (SSSR count). The molecule has 0 saturated carbocycles. The second-order valence-corrected chi connectivity index (χ2v) is 5.88. The zero-order valence-electron chi connectivity index (χ0n) is 14.4. The van der Waals surface area contributed by atoms with Crippen molar-refractivity contribution in [1.29, 1.82) is 0 Å². The minimum Gasteiger partial charge on any atom is -0.494 e. The Hall–Kier alpha value is -2.14. The van der Waals surface area contributed by atoms with Crippen molar-refractivity contribution in [1.82, 2.24) is 0 Å². The van der Waals surface area contributed by atoms with Crippen LogP contribution >= 0.6 is 0 Å². The van der Waals surface area contributed by atoms with Crippen molar-refractivity contribution in [2.24, 2.45) is 0 Å². The molecule has 0 amide bonds. The maximum Gasteiger partial charge on any atom is 0.119 e. The highest BCUT2D eigenvalue weighted by atomic mass is 16.5. The quantitative estimate of drug-likeness (QED) is 0.457. The summed E-state index contributed by atoms with van der Waals surface area (Å²) in [5.41, 5.74) is 3.53. The molecule has 0 atom stereocenters. The van der Waals surface area contributed by atoms with Gasteiger partial charge in [-0.05, 0) is 59.7 Å². The molecule has 4 nitrogen and oxygen atoms in total. The molecule has 134 valence electrons. The SMILES string of the molecule is OCCCCCOc1ccc(/C=C/c2ccc(CO)c(CO)c2)cc1. The fraction of sp³-hybridized carbons (Fsp3) is 0.333. The van der Waals surface area contributed by atoms with Crippen molar-refractivity contribution in [3.8, 4) is 5.75 Å². The molecule has 0 aromatic heterocycles. The zero-order chi connectivity index (χ0) is 17.9. The summed E-state index contributed by atoms with van der Waals surface area (Å²) in [6.07, 6.45) is 6.72. The molecule has 0 unspecified atom stereocenters. The van der Waals surface area contributed by atoms with Gasteiger partial charge in [-0.1, -0.05) is 36.4 Å². The van der Waals surface area contributed by atoms with E-state index < -0.39 is 0 Å². The predicted molar refractivity (Wildman–Crippen MR) is 100 cm³/mol. The van der Waals surface area contributed by atoms with Gasteiger partial charge in [0.05, 0.1) is 19.8 Å². The van der Waals surface area contributed by atoms with E-state index in [2.05, 4.69) is 0 Å². The summed E-state index contributed by atoms with van der Waals surface area (Å²) >= 11 is 0. The zero-order valence-corrected chi connectivity index (χ0v) is 14.4. The third-order valence-corrected chi connectivity index (χ3v) is 3.99. The number of aliphatic hydroxyl groups is 3. The number of ether oxygens (including phenoxy) is 1. The molecule has 0 fully saturated rings. The Labute approximate surface area is 149 Å². The van der Waals surface area contributed by atoms with Crippen LogP contribution in [0.5, 0.6) is 5.75 Å². The lowest BCUT2D eigenvalue weighted by molar-refractivity contribution is 0.260. The Balaban J connectivity index is 1.91. The third-order valence-electron chi connectivity index (χ3n) is 3.99. The molecule has 0 aliphatic heterocycles. The lowest BCUT2D eigenvalue weighted by Crippen LogP contribution is -1.97. The van der Waals surface area contributed by atoms with Gasteiger partial charge in [0.1, 0.15) is 5.75 Å². The van der Waals surface area contributed by atoms with E-state index in [0.29, 0.717) is 6.61 Å². The first-order valence-corrected chi connectivity index (χ1v) is 8.62. The van der Waals surface area contributed by atoms with Crippen LogP contribution in [0.1, 0.15) is 41.5 Å². The highest BCUT2D eigenvalue weighted by Gasteiger charge is 2.01.